The summed E-state index contributed by atoms with van der Waals surface area (Å²) in [4.78, 5) is 2.62. The predicted molar refractivity (Wildman–Crippen MR) is 51.0 cm³/mol. The van der Waals surface area contributed by atoms with Gasteiger partial charge in [-0.05, 0) is 18.8 Å². The highest BCUT2D eigenvalue weighted by Crippen LogP contribution is 2.38. The lowest BCUT2D eigenvalue weighted by Gasteiger charge is -2.49. The van der Waals surface area contributed by atoms with E-state index in [1.807, 2.05) is 0 Å². The molecule has 0 bridgehead atoms. The third-order valence-electron chi connectivity index (χ3n) is 3.65. The second-order valence-corrected chi connectivity index (χ2v) is 4.65. The van der Waals surface area contributed by atoms with Crippen LogP contribution in [-0.2, 0) is 0 Å². The van der Waals surface area contributed by atoms with Gasteiger partial charge in [0.15, 0.2) is 0 Å². The Hall–Kier alpha value is -0.0800. The molecule has 12 heavy (non-hydrogen) atoms. The van der Waals surface area contributed by atoms with E-state index in [9.17, 15) is 0 Å². The van der Waals surface area contributed by atoms with Gasteiger partial charge >= 0.3 is 0 Å². The molecule has 0 aromatic heterocycles. The maximum atomic E-state index is 5.88. The van der Waals surface area contributed by atoms with E-state index in [2.05, 4.69) is 11.8 Å². The van der Waals surface area contributed by atoms with Crippen LogP contribution in [0.25, 0.3) is 0 Å². The maximum Gasteiger partial charge on any atom is 0.0332 e. The van der Waals surface area contributed by atoms with Crippen LogP contribution in [0.3, 0.4) is 0 Å². The van der Waals surface area contributed by atoms with Crippen molar-refractivity contribution in [2.45, 2.75) is 38.1 Å². The Morgan fingerprint density at radius 1 is 1.33 bits per heavy atom. The third kappa shape index (κ3) is 1.17. The van der Waals surface area contributed by atoms with E-state index in [-0.39, 0.29) is 0 Å². The summed E-state index contributed by atoms with van der Waals surface area (Å²) in [6.45, 7) is 5.78. The van der Waals surface area contributed by atoms with Gasteiger partial charge < -0.3 is 5.73 Å². The number of nitrogens with zero attached hydrogens (tertiary/aromatic N) is 1. The summed E-state index contributed by atoms with van der Waals surface area (Å²) in [6.07, 6.45) is 5.47. The average molecular weight is 168 g/mol. The second kappa shape index (κ2) is 3.00. The van der Waals surface area contributed by atoms with Gasteiger partial charge in [0.1, 0.15) is 0 Å². The van der Waals surface area contributed by atoms with Gasteiger partial charge in [0.25, 0.3) is 0 Å². The molecule has 2 rings (SSSR count). The summed E-state index contributed by atoms with van der Waals surface area (Å²) in [6, 6.07) is 0. The van der Waals surface area contributed by atoms with Gasteiger partial charge in [-0.2, -0.15) is 0 Å². The summed E-state index contributed by atoms with van der Waals surface area (Å²) in [5.74, 6) is 0.911. The summed E-state index contributed by atoms with van der Waals surface area (Å²) in [5.41, 5.74) is 6.31. The highest BCUT2D eigenvalue weighted by molar-refractivity contribution is 4.99. The smallest absolute Gasteiger partial charge is 0.0332 e. The van der Waals surface area contributed by atoms with Gasteiger partial charge in [-0.1, -0.05) is 19.8 Å². The Morgan fingerprint density at radius 3 is 2.33 bits per heavy atom. The highest BCUT2D eigenvalue weighted by Gasteiger charge is 2.42. The molecule has 0 amide bonds. The van der Waals surface area contributed by atoms with Crippen LogP contribution in [0, 0.1) is 5.92 Å². The summed E-state index contributed by atoms with van der Waals surface area (Å²) < 4.78 is 0. The largest absolute Gasteiger partial charge is 0.329 e. The van der Waals surface area contributed by atoms with Gasteiger partial charge in [0, 0.05) is 25.2 Å². The van der Waals surface area contributed by atoms with Gasteiger partial charge in [-0.15, -0.1) is 0 Å². The molecule has 1 aliphatic heterocycles. The quantitative estimate of drug-likeness (QED) is 0.671. The Morgan fingerprint density at radius 2 is 1.92 bits per heavy atom. The molecule has 0 spiro atoms. The number of rotatable bonds is 2. The molecule has 0 unspecified atom stereocenters. The molecule has 1 aliphatic carbocycles. The van der Waals surface area contributed by atoms with E-state index in [0.717, 1.165) is 12.5 Å². The number of hydrogen-bond acceptors (Lipinski definition) is 2. The van der Waals surface area contributed by atoms with E-state index in [4.69, 9.17) is 5.73 Å². The fourth-order valence-corrected chi connectivity index (χ4v) is 2.77. The fourth-order valence-electron chi connectivity index (χ4n) is 2.77. The molecule has 0 aromatic carbocycles. The predicted octanol–water partition coefficient (Wildman–Crippen LogP) is 1.21. The number of hydrogen-bond donors (Lipinski definition) is 1. The number of nitrogens with two attached hydrogens (primary N) is 1. The zero-order chi connectivity index (χ0) is 8.60. The molecule has 0 radical (unpaired) electrons. The minimum atomic E-state index is 0.423. The lowest BCUT2D eigenvalue weighted by molar-refractivity contribution is -0.00124. The Balaban J connectivity index is 1.98. The molecule has 0 aromatic rings. The van der Waals surface area contributed by atoms with Crippen molar-refractivity contribution in [1.29, 1.82) is 0 Å². The molecule has 2 N–H and O–H groups in total. The second-order valence-electron chi connectivity index (χ2n) is 4.65. The van der Waals surface area contributed by atoms with Crippen molar-refractivity contribution in [2.75, 3.05) is 19.6 Å². The minimum absolute atomic E-state index is 0.423. The van der Waals surface area contributed by atoms with E-state index < -0.39 is 0 Å². The van der Waals surface area contributed by atoms with Crippen molar-refractivity contribution >= 4 is 0 Å². The van der Waals surface area contributed by atoms with Crippen LogP contribution < -0.4 is 5.73 Å². The lowest BCUT2D eigenvalue weighted by atomic mass is 9.88. The zero-order valence-electron chi connectivity index (χ0n) is 8.05. The van der Waals surface area contributed by atoms with Crippen molar-refractivity contribution < 1.29 is 0 Å². The highest BCUT2D eigenvalue weighted by atomic mass is 15.3. The average Bonchev–Trinajstić information content (AvgIpc) is 2.48. The van der Waals surface area contributed by atoms with E-state index >= 15 is 0 Å². The van der Waals surface area contributed by atoms with Crippen LogP contribution in [0.1, 0.15) is 32.6 Å². The van der Waals surface area contributed by atoms with Gasteiger partial charge in [0.05, 0.1) is 0 Å². The standard InChI is InChI=1S/C10H20N2/c1-9-6-12(7-9)10(8-11)4-2-3-5-10/h9H,2-8,11H2,1H3. The van der Waals surface area contributed by atoms with Crippen molar-refractivity contribution in [2.24, 2.45) is 11.7 Å². The van der Waals surface area contributed by atoms with Gasteiger partial charge in [0.2, 0.25) is 0 Å². The molecular formula is C10H20N2. The zero-order valence-corrected chi connectivity index (χ0v) is 8.05. The van der Waals surface area contributed by atoms with Gasteiger partial charge in [-0.3, -0.25) is 4.90 Å². The van der Waals surface area contributed by atoms with E-state index in [1.165, 1.54) is 38.8 Å². The Labute approximate surface area is 75.1 Å². The fraction of sp³-hybridized carbons (Fsp3) is 1.00. The molecule has 1 saturated heterocycles. The van der Waals surface area contributed by atoms with Crippen LogP contribution >= 0.6 is 0 Å². The van der Waals surface area contributed by atoms with Crippen LogP contribution in [0.5, 0.6) is 0 Å². The Bertz CT molecular complexity index is 155. The normalized spacial score (nSPS) is 30.5. The first-order valence-corrected chi connectivity index (χ1v) is 5.22. The summed E-state index contributed by atoms with van der Waals surface area (Å²) in [7, 11) is 0. The molecule has 2 heteroatoms. The molecule has 1 saturated carbocycles. The van der Waals surface area contributed by atoms with Crippen molar-refractivity contribution in [3.8, 4) is 0 Å². The molecule has 70 valence electrons. The first-order valence-electron chi connectivity index (χ1n) is 5.22. The molecular weight excluding hydrogens is 148 g/mol. The van der Waals surface area contributed by atoms with Crippen molar-refractivity contribution in [1.82, 2.24) is 4.90 Å². The third-order valence-corrected chi connectivity index (χ3v) is 3.65. The summed E-state index contributed by atoms with van der Waals surface area (Å²) in [5, 5.41) is 0. The van der Waals surface area contributed by atoms with Crippen molar-refractivity contribution in [3.63, 3.8) is 0 Å². The first kappa shape index (κ1) is 8.52. The first-order chi connectivity index (χ1) is 5.77. The van der Waals surface area contributed by atoms with Crippen LogP contribution in [0.15, 0.2) is 0 Å². The molecule has 0 atom stereocenters. The topological polar surface area (TPSA) is 29.3 Å². The van der Waals surface area contributed by atoms with Crippen molar-refractivity contribution in [3.05, 3.63) is 0 Å². The number of likely N-dealkylation sites (tertiary alicyclic amines) is 1. The van der Waals surface area contributed by atoms with Crippen LogP contribution in [0.4, 0.5) is 0 Å². The monoisotopic (exact) mass is 168 g/mol. The lowest BCUT2D eigenvalue weighted by Crippen LogP contribution is -2.61. The SMILES string of the molecule is CC1CN(C2(CN)CCCC2)C1. The maximum absolute atomic E-state index is 5.88. The molecule has 1 heterocycles. The van der Waals surface area contributed by atoms with E-state index in [1.54, 1.807) is 0 Å². The Kier molecular flexibility index (Phi) is 2.13. The summed E-state index contributed by atoms with van der Waals surface area (Å²) >= 11 is 0. The van der Waals surface area contributed by atoms with Gasteiger partial charge in [-0.25, -0.2) is 0 Å². The van der Waals surface area contributed by atoms with E-state index in [0.29, 0.717) is 5.54 Å². The molecule has 2 aliphatic rings. The van der Waals surface area contributed by atoms with Crippen LogP contribution in [-0.4, -0.2) is 30.1 Å². The van der Waals surface area contributed by atoms with Crippen LogP contribution in [0.2, 0.25) is 0 Å². The molecule has 2 nitrogen and oxygen atoms in total. The molecule has 2 fully saturated rings. The minimum Gasteiger partial charge on any atom is -0.329 e.